The second-order valence-electron chi connectivity index (χ2n) is 4.99. The minimum Gasteiger partial charge on any atom is -0.360 e. The third-order valence-corrected chi connectivity index (χ3v) is 4.06. The van der Waals surface area contributed by atoms with Gasteiger partial charge in [0.1, 0.15) is 0 Å². The first-order valence-corrected chi connectivity index (χ1v) is 6.25. The Bertz CT molecular complexity index is 239. The van der Waals surface area contributed by atoms with Crippen molar-refractivity contribution in [1.29, 1.82) is 5.41 Å². The molecular weight excluding hydrogens is 186 g/mol. The summed E-state index contributed by atoms with van der Waals surface area (Å²) in [5.74, 6) is 1.64. The van der Waals surface area contributed by atoms with E-state index in [0.717, 1.165) is 37.3 Å². The van der Waals surface area contributed by atoms with Crippen molar-refractivity contribution in [2.75, 3.05) is 26.7 Å². The predicted octanol–water partition coefficient (Wildman–Crippen LogP) is 1.79. The lowest BCUT2D eigenvalue weighted by Gasteiger charge is -2.46. The molecule has 0 aromatic heterocycles. The van der Waals surface area contributed by atoms with E-state index in [9.17, 15) is 0 Å². The zero-order valence-electron chi connectivity index (χ0n) is 10.00. The highest BCUT2D eigenvalue weighted by molar-refractivity contribution is 5.78. The topological polar surface area (TPSA) is 30.3 Å². The molecule has 0 saturated carbocycles. The van der Waals surface area contributed by atoms with E-state index in [1.165, 1.54) is 25.8 Å². The summed E-state index contributed by atoms with van der Waals surface area (Å²) in [4.78, 5) is 4.82. The molecule has 2 atom stereocenters. The van der Waals surface area contributed by atoms with Crippen LogP contribution < -0.4 is 0 Å². The van der Waals surface area contributed by atoms with Crippen molar-refractivity contribution in [2.45, 2.75) is 38.6 Å². The highest BCUT2D eigenvalue weighted by atomic mass is 15.2. The summed E-state index contributed by atoms with van der Waals surface area (Å²) < 4.78 is 0. The molecule has 2 fully saturated rings. The second kappa shape index (κ2) is 4.52. The standard InChI is InChI=1S/C12H23N3/c1-3-12(13)15-8-6-11-10(9-15)5-4-7-14(11)2/h10-11,13H,3-9H2,1-2H3. The molecule has 2 rings (SSSR count). The third kappa shape index (κ3) is 2.17. The van der Waals surface area contributed by atoms with Crippen LogP contribution in [0.2, 0.25) is 0 Å². The van der Waals surface area contributed by atoms with Crippen molar-refractivity contribution in [3.8, 4) is 0 Å². The minimum atomic E-state index is 0.791. The fraction of sp³-hybridized carbons (Fsp3) is 0.917. The Balaban J connectivity index is 1.96. The molecule has 2 unspecified atom stereocenters. The zero-order chi connectivity index (χ0) is 10.8. The molecule has 2 heterocycles. The monoisotopic (exact) mass is 209 g/mol. The van der Waals surface area contributed by atoms with Crippen LogP contribution in [0.1, 0.15) is 32.6 Å². The molecule has 15 heavy (non-hydrogen) atoms. The zero-order valence-corrected chi connectivity index (χ0v) is 10.00. The molecule has 0 spiro atoms. The summed E-state index contributed by atoms with van der Waals surface area (Å²) >= 11 is 0. The number of nitrogens with one attached hydrogen (secondary N) is 1. The summed E-state index contributed by atoms with van der Waals surface area (Å²) in [6.45, 7) is 5.58. The Hall–Kier alpha value is -0.570. The lowest BCUT2D eigenvalue weighted by Crippen LogP contribution is -2.53. The molecule has 1 N–H and O–H groups in total. The number of likely N-dealkylation sites (tertiary alicyclic amines) is 2. The van der Waals surface area contributed by atoms with E-state index < -0.39 is 0 Å². The summed E-state index contributed by atoms with van der Waals surface area (Å²) in [5, 5.41) is 7.90. The van der Waals surface area contributed by atoms with Crippen LogP contribution in [0.3, 0.4) is 0 Å². The minimum absolute atomic E-state index is 0.791. The number of rotatable bonds is 1. The van der Waals surface area contributed by atoms with Crippen LogP contribution in [0.4, 0.5) is 0 Å². The average Bonchev–Trinajstić information content (AvgIpc) is 2.28. The number of hydrogen-bond acceptors (Lipinski definition) is 2. The van der Waals surface area contributed by atoms with Crippen LogP contribution in [0.15, 0.2) is 0 Å². The van der Waals surface area contributed by atoms with E-state index in [0.29, 0.717) is 0 Å². The van der Waals surface area contributed by atoms with Crippen LogP contribution >= 0.6 is 0 Å². The number of nitrogens with zero attached hydrogens (tertiary/aromatic N) is 2. The largest absolute Gasteiger partial charge is 0.360 e. The maximum Gasteiger partial charge on any atom is 0.0954 e. The Morgan fingerprint density at radius 3 is 2.87 bits per heavy atom. The van der Waals surface area contributed by atoms with E-state index in [1.54, 1.807) is 0 Å². The van der Waals surface area contributed by atoms with E-state index in [2.05, 4.69) is 23.8 Å². The van der Waals surface area contributed by atoms with E-state index in [-0.39, 0.29) is 0 Å². The molecule has 0 aliphatic carbocycles. The molecule has 2 aliphatic heterocycles. The summed E-state index contributed by atoms with van der Waals surface area (Å²) in [6.07, 6.45) is 4.84. The molecule has 3 nitrogen and oxygen atoms in total. The van der Waals surface area contributed by atoms with Gasteiger partial charge >= 0.3 is 0 Å². The number of fused-ring (bicyclic) bond motifs is 1. The smallest absolute Gasteiger partial charge is 0.0954 e. The van der Waals surface area contributed by atoms with Crippen LogP contribution in [-0.2, 0) is 0 Å². The van der Waals surface area contributed by atoms with Gasteiger partial charge in [0.2, 0.25) is 0 Å². The molecule has 2 aliphatic rings. The Morgan fingerprint density at radius 1 is 1.33 bits per heavy atom. The van der Waals surface area contributed by atoms with Gasteiger partial charge in [-0.1, -0.05) is 6.92 Å². The van der Waals surface area contributed by atoms with Crippen molar-refractivity contribution < 1.29 is 0 Å². The van der Waals surface area contributed by atoms with Crippen LogP contribution in [0.25, 0.3) is 0 Å². The molecule has 0 radical (unpaired) electrons. The fourth-order valence-corrected chi connectivity index (χ4v) is 3.12. The quantitative estimate of drug-likeness (QED) is 0.527. The van der Waals surface area contributed by atoms with Gasteiger partial charge in [-0.2, -0.15) is 0 Å². The fourth-order valence-electron chi connectivity index (χ4n) is 3.12. The Kier molecular flexibility index (Phi) is 3.29. The molecule has 3 heteroatoms. The second-order valence-corrected chi connectivity index (χ2v) is 4.99. The highest BCUT2D eigenvalue weighted by Gasteiger charge is 2.34. The maximum atomic E-state index is 7.90. The van der Waals surface area contributed by atoms with Gasteiger partial charge in [0.05, 0.1) is 5.84 Å². The van der Waals surface area contributed by atoms with Crippen molar-refractivity contribution in [3.63, 3.8) is 0 Å². The van der Waals surface area contributed by atoms with Gasteiger partial charge in [-0.25, -0.2) is 0 Å². The van der Waals surface area contributed by atoms with Crippen molar-refractivity contribution in [1.82, 2.24) is 9.80 Å². The van der Waals surface area contributed by atoms with Crippen LogP contribution in [0.5, 0.6) is 0 Å². The molecule has 0 aromatic rings. The van der Waals surface area contributed by atoms with Crippen molar-refractivity contribution in [2.24, 2.45) is 5.92 Å². The van der Waals surface area contributed by atoms with Gasteiger partial charge in [-0.05, 0) is 38.8 Å². The normalized spacial score (nSPS) is 32.5. The average molecular weight is 209 g/mol. The van der Waals surface area contributed by atoms with E-state index in [1.807, 2.05) is 0 Å². The number of amidine groups is 1. The summed E-state index contributed by atoms with van der Waals surface area (Å²) in [7, 11) is 2.26. The summed E-state index contributed by atoms with van der Waals surface area (Å²) in [6, 6.07) is 0.791. The molecule has 0 aromatic carbocycles. The first kappa shape index (κ1) is 10.9. The summed E-state index contributed by atoms with van der Waals surface area (Å²) in [5.41, 5.74) is 0. The number of piperidine rings is 2. The SMILES string of the molecule is CCC(=N)N1CCC2C(CCCN2C)C1. The Labute approximate surface area is 92.9 Å². The van der Waals surface area contributed by atoms with Gasteiger partial charge in [0.15, 0.2) is 0 Å². The van der Waals surface area contributed by atoms with Gasteiger partial charge in [0, 0.05) is 25.6 Å². The van der Waals surface area contributed by atoms with E-state index >= 15 is 0 Å². The van der Waals surface area contributed by atoms with Crippen LogP contribution in [0, 0.1) is 11.3 Å². The van der Waals surface area contributed by atoms with Gasteiger partial charge in [0.25, 0.3) is 0 Å². The van der Waals surface area contributed by atoms with Crippen LogP contribution in [-0.4, -0.2) is 48.4 Å². The van der Waals surface area contributed by atoms with E-state index in [4.69, 9.17) is 5.41 Å². The lowest BCUT2D eigenvalue weighted by atomic mass is 9.84. The first-order chi connectivity index (χ1) is 7.22. The van der Waals surface area contributed by atoms with Gasteiger partial charge < -0.3 is 9.80 Å². The highest BCUT2D eigenvalue weighted by Crippen LogP contribution is 2.29. The first-order valence-electron chi connectivity index (χ1n) is 6.25. The molecule has 0 amide bonds. The molecular formula is C12H23N3. The van der Waals surface area contributed by atoms with Crippen molar-refractivity contribution in [3.05, 3.63) is 0 Å². The molecule has 2 saturated heterocycles. The van der Waals surface area contributed by atoms with Gasteiger partial charge in [-0.3, -0.25) is 5.41 Å². The number of hydrogen-bond donors (Lipinski definition) is 1. The third-order valence-electron chi connectivity index (χ3n) is 4.06. The predicted molar refractivity (Wildman–Crippen MR) is 63.3 cm³/mol. The van der Waals surface area contributed by atoms with Crippen molar-refractivity contribution >= 4 is 5.84 Å². The molecule has 86 valence electrons. The lowest BCUT2D eigenvalue weighted by molar-refractivity contribution is 0.0624. The Morgan fingerprint density at radius 2 is 2.13 bits per heavy atom. The van der Waals surface area contributed by atoms with Gasteiger partial charge in [-0.15, -0.1) is 0 Å². The molecule has 0 bridgehead atoms. The maximum absolute atomic E-state index is 7.90.